The van der Waals surface area contributed by atoms with Crippen LogP contribution >= 0.6 is 0 Å². The third-order valence-electron chi connectivity index (χ3n) is 5.41. The molecule has 7 heteroatoms. The van der Waals surface area contributed by atoms with E-state index in [4.69, 9.17) is 9.72 Å². The molecule has 3 heterocycles. The smallest absolute Gasteiger partial charge is 0.246 e. The molecule has 0 radical (unpaired) electrons. The third kappa shape index (κ3) is 4.30. The number of hydrogen-bond donors (Lipinski definition) is 1. The van der Waals surface area contributed by atoms with Crippen LogP contribution in [0.4, 0.5) is 0 Å². The van der Waals surface area contributed by atoms with E-state index in [2.05, 4.69) is 23.5 Å². The first-order chi connectivity index (χ1) is 13.6. The molecule has 2 aromatic rings. The molecule has 3 rings (SSSR count). The van der Waals surface area contributed by atoms with Crippen molar-refractivity contribution in [2.45, 2.75) is 45.1 Å². The van der Waals surface area contributed by atoms with E-state index in [1.54, 1.807) is 19.5 Å². The normalized spacial score (nSPS) is 19.3. The lowest BCUT2D eigenvalue weighted by atomic mass is 9.99. The van der Waals surface area contributed by atoms with Gasteiger partial charge in [-0.25, -0.2) is 9.97 Å². The number of hydrogen-bond acceptors (Lipinski definition) is 5. The number of Topliss-reactive ketones (excluding diaryl/α,β-unsaturated/α-hetero) is 1. The lowest BCUT2D eigenvalue weighted by Gasteiger charge is -2.21. The fraction of sp³-hybridized carbons (Fsp3) is 0.524. The van der Waals surface area contributed by atoms with Crippen molar-refractivity contribution in [2.24, 2.45) is 5.92 Å². The summed E-state index contributed by atoms with van der Waals surface area (Å²) in [7, 11) is 1.63. The lowest BCUT2D eigenvalue weighted by molar-refractivity contribution is -0.126. The molecule has 0 bridgehead atoms. The molecule has 2 atom stereocenters. The van der Waals surface area contributed by atoms with E-state index in [9.17, 15) is 9.59 Å². The molecule has 1 N–H and O–H groups in total. The minimum absolute atomic E-state index is 0.00883. The van der Waals surface area contributed by atoms with Gasteiger partial charge in [-0.15, -0.1) is 0 Å². The summed E-state index contributed by atoms with van der Waals surface area (Å²) in [5.41, 5.74) is 2.69. The van der Waals surface area contributed by atoms with Crippen molar-refractivity contribution in [1.29, 1.82) is 0 Å². The van der Waals surface area contributed by atoms with Crippen molar-refractivity contribution in [3.05, 3.63) is 36.3 Å². The van der Waals surface area contributed by atoms with Gasteiger partial charge in [0.15, 0.2) is 11.4 Å². The quantitative estimate of drug-likeness (QED) is 0.408. The number of aromatic amines is 1. The standard InChI is InChI=1S/C21H28N4O3/c1-4-16-10-14(13-25(16)19(27)5-2)9-15-11-22-21-20(24-15)17(12-23-21)18(26)7-6-8-28-3/h5,11-12,14,16H,2,4,6-10,13H2,1,3H3,(H,22,23)/t14-,16+/m1/s1. The molecule has 1 saturated heterocycles. The maximum Gasteiger partial charge on any atom is 0.246 e. The predicted octanol–water partition coefficient (Wildman–Crippen LogP) is 2.92. The lowest BCUT2D eigenvalue weighted by Crippen LogP contribution is -2.34. The van der Waals surface area contributed by atoms with E-state index in [1.165, 1.54) is 6.08 Å². The number of H-pyrrole nitrogens is 1. The number of carbonyl (C=O) groups excluding carboxylic acids is 2. The van der Waals surface area contributed by atoms with Crippen LogP contribution in [0.1, 0.15) is 48.7 Å². The summed E-state index contributed by atoms with van der Waals surface area (Å²) in [5.74, 6) is 0.371. The maximum atomic E-state index is 12.5. The predicted molar refractivity (Wildman–Crippen MR) is 107 cm³/mol. The van der Waals surface area contributed by atoms with E-state index >= 15 is 0 Å². The Morgan fingerprint density at radius 3 is 3.00 bits per heavy atom. The van der Waals surface area contributed by atoms with E-state index in [0.29, 0.717) is 48.6 Å². The fourth-order valence-electron chi connectivity index (χ4n) is 3.98. The highest BCUT2D eigenvalue weighted by atomic mass is 16.5. The molecule has 1 fully saturated rings. The van der Waals surface area contributed by atoms with Crippen LogP contribution in [0.3, 0.4) is 0 Å². The van der Waals surface area contributed by atoms with Crippen molar-refractivity contribution in [3.63, 3.8) is 0 Å². The first-order valence-corrected chi connectivity index (χ1v) is 9.85. The summed E-state index contributed by atoms with van der Waals surface area (Å²) in [6, 6.07) is 0.248. The van der Waals surface area contributed by atoms with E-state index in [0.717, 1.165) is 25.0 Å². The van der Waals surface area contributed by atoms with Crippen LogP contribution in [0.2, 0.25) is 0 Å². The number of likely N-dealkylation sites (tertiary alicyclic amines) is 1. The minimum atomic E-state index is -0.00883. The Hall–Kier alpha value is -2.54. The Kier molecular flexibility index (Phi) is 6.57. The van der Waals surface area contributed by atoms with E-state index in [1.807, 2.05) is 4.90 Å². The number of nitrogens with one attached hydrogen (secondary N) is 1. The second-order valence-electron chi connectivity index (χ2n) is 7.34. The topological polar surface area (TPSA) is 88.2 Å². The number of methoxy groups -OCH3 is 1. The fourth-order valence-corrected chi connectivity index (χ4v) is 3.98. The van der Waals surface area contributed by atoms with E-state index in [-0.39, 0.29) is 17.7 Å². The van der Waals surface area contributed by atoms with Gasteiger partial charge in [0.05, 0.1) is 17.5 Å². The number of ketones is 1. The Balaban J connectivity index is 1.74. The number of ether oxygens (including phenoxy) is 1. The largest absolute Gasteiger partial charge is 0.385 e. The molecule has 0 spiro atoms. The number of aromatic nitrogens is 3. The SMILES string of the molecule is C=CC(=O)N1C[C@H](Cc2cnc3[nH]cc(C(=O)CCCOC)c3n2)C[C@@H]1CC. The number of rotatable bonds is 9. The van der Waals surface area contributed by atoms with Crippen molar-refractivity contribution in [2.75, 3.05) is 20.3 Å². The first-order valence-electron chi connectivity index (χ1n) is 9.85. The molecule has 0 aromatic carbocycles. The van der Waals surface area contributed by atoms with Crippen molar-refractivity contribution >= 4 is 22.9 Å². The van der Waals surface area contributed by atoms with Crippen LogP contribution in [0, 0.1) is 5.92 Å². The average Bonchev–Trinajstić information content (AvgIpc) is 3.31. The second kappa shape index (κ2) is 9.10. The molecule has 28 heavy (non-hydrogen) atoms. The number of carbonyl (C=O) groups is 2. The van der Waals surface area contributed by atoms with Crippen LogP contribution in [0.5, 0.6) is 0 Å². The first kappa shape index (κ1) is 20.2. The molecule has 0 unspecified atom stereocenters. The third-order valence-corrected chi connectivity index (χ3v) is 5.41. The number of nitrogens with zero attached hydrogens (tertiary/aromatic N) is 3. The van der Waals surface area contributed by atoms with Gasteiger partial charge in [0, 0.05) is 38.9 Å². The molecule has 1 aliphatic heterocycles. The van der Waals surface area contributed by atoms with E-state index < -0.39 is 0 Å². The van der Waals surface area contributed by atoms with Gasteiger partial charge in [-0.2, -0.15) is 0 Å². The zero-order chi connectivity index (χ0) is 20.1. The zero-order valence-corrected chi connectivity index (χ0v) is 16.6. The molecule has 1 aliphatic rings. The molecule has 2 aromatic heterocycles. The highest BCUT2D eigenvalue weighted by Gasteiger charge is 2.33. The summed E-state index contributed by atoms with van der Waals surface area (Å²) in [5, 5.41) is 0. The average molecular weight is 384 g/mol. The zero-order valence-electron chi connectivity index (χ0n) is 16.6. The van der Waals surface area contributed by atoms with Gasteiger partial charge in [-0.05, 0) is 37.7 Å². The van der Waals surface area contributed by atoms with Gasteiger partial charge < -0.3 is 14.6 Å². The van der Waals surface area contributed by atoms with Crippen molar-refractivity contribution in [3.8, 4) is 0 Å². The summed E-state index contributed by atoms with van der Waals surface area (Å²) in [6.07, 6.45) is 8.56. The summed E-state index contributed by atoms with van der Waals surface area (Å²) >= 11 is 0. The van der Waals surface area contributed by atoms with Gasteiger partial charge in [-0.3, -0.25) is 9.59 Å². The van der Waals surface area contributed by atoms with Gasteiger partial charge in [0.25, 0.3) is 0 Å². The van der Waals surface area contributed by atoms with Crippen LogP contribution in [0.15, 0.2) is 25.0 Å². The van der Waals surface area contributed by atoms with Crippen molar-refractivity contribution < 1.29 is 14.3 Å². The molecule has 1 amide bonds. The molecule has 7 nitrogen and oxygen atoms in total. The Morgan fingerprint density at radius 1 is 1.46 bits per heavy atom. The van der Waals surface area contributed by atoms with Crippen LogP contribution in [0.25, 0.3) is 11.2 Å². The monoisotopic (exact) mass is 384 g/mol. The minimum Gasteiger partial charge on any atom is -0.385 e. The van der Waals surface area contributed by atoms with Crippen LogP contribution in [-0.4, -0.2) is 57.8 Å². The number of fused-ring (bicyclic) bond motifs is 1. The van der Waals surface area contributed by atoms with Crippen LogP contribution in [-0.2, 0) is 16.0 Å². The summed E-state index contributed by atoms with van der Waals surface area (Å²) in [4.78, 5) is 38.7. The molecule has 0 aliphatic carbocycles. The van der Waals surface area contributed by atoms with Gasteiger partial charge >= 0.3 is 0 Å². The van der Waals surface area contributed by atoms with Gasteiger partial charge in [-0.1, -0.05) is 13.5 Å². The molecular formula is C21H28N4O3. The highest BCUT2D eigenvalue weighted by Crippen LogP contribution is 2.28. The Bertz CT molecular complexity index is 860. The Morgan fingerprint density at radius 2 is 2.29 bits per heavy atom. The molecule has 0 saturated carbocycles. The second-order valence-corrected chi connectivity index (χ2v) is 7.34. The number of amides is 1. The molecule has 150 valence electrons. The summed E-state index contributed by atoms with van der Waals surface area (Å²) in [6.45, 7) is 6.98. The van der Waals surface area contributed by atoms with Gasteiger partial charge in [0.1, 0.15) is 5.52 Å². The van der Waals surface area contributed by atoms with Crippen LogP contribution < -0.4 is 0 Å². The maximum absolute atomic E-state index is 12.5. The summed E-state index contributed by atoms with van der Waals surface area (Å²) < 4.78 is 5.02. The van der Waals surface area contributed by atoms with Gasteiger partial charge in [0.2, 0.25) is 5.91 Å². The molecular weight excluding hydrogens is 356 g/mol. The highest BCUT2D eigenvalue weighted by molar-refractivity contribution is 6.05. The van der Waals surface area contributed by atoms with Crippen molar-refractivity contribution in [1.82, 2.24) is 19.9 Å². The Labute approximate surface area is 165 Å².